The van der Waals surface area contributed by atoms with Gasteiger partial charge in [0.1, 0.15) is 0 Å². The van der Waals surface area contributed by atoms with Gasteiger partial charge in [-0.25, -0.2) is 0 Å². The molecule has 0 atom stereocenters. The number of benzene rings is 1. The first-order valence-electron chi connectivity index (χ1n) is 4.56. The Kier molecular flexibility index (Phi) is 3.93. The first-order chi connectivity index (χ1) is 6.24. The number of rotatable bonds is 4. The second kappa shape index (κ2) is 5.00. The Balaban J connectivity index is 2.78. The summed E-state index contributed by atoms with van der Waals surface area (Å²) in [5.41, 5.74) is 2.56. The van der Waals surface area contributed by atoms with Crippen LogP contribution < -0.4 is 0 Å². The highest BCUT2D eigenvalue weighted by Gasteiger charge is 2.01. The van der Waals surface area contributed by atoms with Gasteiger partial charge in [0.05, 0.1) is 0 Å². The first kappa shape index (κ1) is 10.2. The fourth-order valence-electron chi connectivity index (χ4n) is 1.42. The molecular formula is C11H17NO. The average Bonchev–Trinajstić information content (AvgIpc) is 2.08. The zero-order chi connectivity index (χ0) is 9.68. The van der Waals surface area contributed by atoms with Crippen molar-refractivity contribution in [3.05, 3.63) is 35.4 Å². The van der Waals surface area contributed by atoms with Gasteiger partial charge in [0.15, 0.2) is 0 Å². The van der Waals surface area contributed by atoms with E-state index < -0.39 is 0 Å². The Bertz CT molecular complexity index is 258. The van der Waals surface area contributed by atoms with E-state index in [2.05, 4.69) is 31.1 Å². The van der Waals surface area contributed by atoms with Gasteiger partial charge >= 0.3 is 0 Å². The Labute approximate surface area is 79.8 Å². The Morgan fingerprint density at radius 1 is 1.15 bits per heavy atom. The molecule has 13 heavy (non-hydrogen) atoms. The normalized spacial score (nSPS) is 10.8. The number of hydrogen-bond acceptors (Lipinski definition) is 2. The van der Waals surface area contributed by atoms with Crippen molar-refractivity contribution in [1.29, 1.82) is 0 Å². The number of nitrogens with zero attached hydrogens (tertiary/aromatic N) is 1. The van der Waals surface area contributed by atoms with E-state index in [1.165, 1.54) is 11.1 Å². The molecule has 0 heterocycles. The van der Waals surface area contributed by atoms with Gasteiger partial charge in [0, 0.05) is 13.2 Å². The van der Waals surface area contributed by atoms with E-state index in [0.717, 1.165) is 13.0 Å². The lowest BCUT2D eigenvalue weighted by Gasteiger charge is -2.13. The van der Waals surface area contributed by atoms with Crippen LogP contribution in [0, 0.1) is 0 Å². The van der Waals surface area contributed by atoms with Gasteiger partial charge in [0.25, 0.3) is 0 Å². The quantitative estimate of drug-likeness (QED) is 0.752. The summed E-state index contributed by atoms with van der Waals surface area (Å²) < 4.78 is 0. The number of aliphatic hydroxyl groups excluding tert-OH is 1. The van der Waals surface area contributed by atoms with Crippen molar-refractivity contribution in [1.82, 2.24) is 4.90 Å². The third-order valence-corrected chi connectivity index (χ3v) is 1.99. The third kappa shape index (κ3) is 3.17. The van der Waals surface area contributed by atoms with Crippen LogP contribution in [0.2, 0.25) is 0 Å². The van der Waals surface area contributed by atoms with Crippen LogP contribution >= 0.6 is 0 Å². The lowest BCUT2D eigenvalue weighted by Crippen LogP contribution is -2.12. The summed E-state index contributed by atoms with van der Waals surface area (Å²) in [5, 5.41) is 8.86. The van der Waals surface area contributed by atoms with Crippen LogP contribution in [0.5, 0.6) is 0 Å². The first-order valence-corrected chi connectivity index (χ1v) is 4.56. The van der Waals surface area contributed by atoms with Gasteiger partial charge in [-0.15, -0.1) is 0 Å². The highest BCUT2D eigenvalue weighted by Crippen LogP contribution is 2.10. The molecule has 2 heteroatoms. The van der Waals surface area contributed by atoms with E-state index in [1.54, 1.807) is 0 Å². The molecule has 0 amide bonds. The van der Waals surface area contributed by atoms with Gasteiger partial charge in [0.2, 0.25) is 0 Å². The van der Waals surface area contributed by atoms with Gasteiger partial charge in [-0.2, -0.15) is 0 Å². The average molecular weight is 179 g/mol. The van der Waals surface area contributed by atoms with Crippen LogP contribution in [-0.4, -0.2) is 30.7 Å². The lowest BCUT2D eigenvalue weighted by molar-refractivity contribution is 0.298. The summed E-state index contributed by atoms with van der Waals surface area (Å²) in [7, 11) is 4.10. The second-order valence-corrected chi connectivity index (χ2v) is 3.48. The molecule has 0 radical (unpaired) electrons. The van der Waals surface area contributed by atoms with Crippen molar-refractivity contribution in [2.45, 2.75) is 13.0 Å². The van der Waals surface area contributed by atoms with Crippen molar-refractivity contribution in [2.24, 2.45) is 0 Å². The SMILES string of the molecule is CN(C)Cc1ccccc1CCO. The zero-order valence-corrected chi connectivity index (χ0v) is 8.33. The highest BCUT2D eigenvalue weighted by molar-refractivity contribution is 5.27. The Morgan fingerprint density at radius 3 is 2.31 bits per heavy atom. The topological polar surface area (TPSA) is 23.5 Å². The van der Waals surface area contributed by atoms with E-state index in [-0.39, 0.29) is 6.61 Å². The van der Waals surface area contributed by atoms with Crippen molar-refractivity contribution in [3.8, 4) is 0 Å². The molecule has 0 aromatic heterocycles. The summed E-state index contributed by atoms with van der Waals surface area (Å²) in [4.78, 5) is 2.14. The molecule has 1 rings (SSSR count). The predicted molar refractivity (Wildman–Crippen MR) is 54.6 cm³/mol. The molecule has 0 saturated carbocycles. The molecule has 0 aliphatic heterocycles. The van der Waals surface area contributed by atoms with E-state index >= 15 is 0 Å². The van der Waals surface area contributed by atoms with Crippen LogP contribution in [0.15, 0.2) is 24.3 Å². The molecule has 0 unspecified atom stereocenters. The number of aliphatic hydroxyl groups is 1. The van der Waals surface area contributed by atoms with E-state index in [0.29, 0.717) is 0 Å². The maximum Gasteiger partial charge on any atom is 0.0471 e. The van der Waals surface area contributed by atoms with E-state index in [9.17, 15) is 0 Å². The minimum absolute atomic E-state index is 0.227. The molecule has 0 saturated heterocycles. The fraction of sp³-hybridized carbons (Fsp3) is 0.455. The van der Waals surface area contributed by atoms with Crippen molar-refractivity contribution in [2.75, 3.05) is 20.7 Å². The van der Waals surface area contributed by atoms with Gasteiger partial charge in [-0.05, 0) is 31.6 Å². The summed E-state index contributed by atoms with van der Waals surface area (Å²) in [6, 6.07) is 8.25. The lowest BCUT2D eigenvalue weighted by atomic mass is 10.0. The van der Waals surface area contributed by atoms with Gasteiger partial charge in [-0.3, -0.25) is 0 Å². The van der Waals surface area contributed by atoms with Crippen LogP contribution in [0.1, 0.15) is 11.1 Å². The van der Waals surface area contributed by atoms with Crippen LogP contribution in [0.25, 0.3) is 0 Å². The second-order valence-electron chi connectivity index (χ2n) is 3.48. The minimum atomic E-state index is 0.227. The van der Waals surface area contributed by atoms with Gasteiger partial charge < -0.3 is 10.0 Å². The van der Waals surface area contributed by atoms with E-state index in [1.807, 2.05) is 12.1 Å². The van der Waals surface area contributed by atoms with Crippen molar-refractivity contribution < 1.29 is 5.11 Å². The third-order valence-electron chi connectivity index (χ3n) is 1.99. The molecule has 1 aromatic rings. The molecule has 0 aliphatic rings. The zero-order valence-electron chi connectivity index (χ0n) is 8.33. The summed E-state index contributed by atoms with van der Waals surface area (Å²) in [6.07, 6.45) is 0.754. The summed E-state index contributed by atoms with van der Waals surface area (Å²) in [5.74, 6) is 0. The summed E-state index contributed by atoms with van der Waals surface area (Å²) in [6.45, 7) is 1.17. The van der Waals surface area contributed by atoms with Gasteiger partial charge in [-0.1, -0.05) is 24.3 Å². The molecular weight excluding hydrogens is 162 g/mol. The molecule has 0 bridgehead atoms. The smallest absolute Gasteiger partial charge is 0.0471 e. The summed E-state index contributed by atoms with van der Waals surface area (Å²) >= 11 is 0. The molecule has 0 spiro atoms. The van der Waals surface area contributed by atoms with Crippen LogP contribution in [-0.2, 0) is 13.0 Å². The van der Waals surface area contributed by atoms with Crippen molar-refractivity contribution in [3.63, 3.8) is 0 Å². The Hall–Kier alpha value is -0.860. The molecule has 1 N–H and O–H groups in total. The monoisotopic (exact) mass is 179 g/mol. The maximum atomic E-state index is 8.86. The largest absolute Gasteiger partial charge is 0.396 e. The molecule has 0 fully saturated rings. The van der Waals surface area contributed by atoms with E-state index in [4.69, 9.17) is 5.11 Å². The van der Waals surface area contributed by atoms with Crippen LogP contribution in [0.4, 0.5) is 0 Å². The van der Waals surface area contributed by atoms with Crippen LogP contribution in [0.3, 0.4) is 0 Å². The standard InChI is InChI=1S/C11H17NO/c1-12(2)9-11-6-4-3-5-10(11)7-8-13/h3-6,13H,7-9H2,1-2H3. The van der Waals surface area contributed by atoms with Crippen molar-refractivity contribution >= 4 is 0 Å². The highest BCUT2D eigenvalue weighted by atomic mass is 16.2. The minimum Gasteiger partial charge on any atom is -0.396 e. The molecule has 72 valence electrons. The Morgan fingerprint density at radius 2 is 1.77 bits per heavy atom. The fourth-order valence-corrected chi connectivity index (χ4v) is 1.42. The predicted octanol–water partition coefficient (Wildman–Crippen LogP) is 1.28. The molecule has 1 aromatic carbocycles. The molecule has 2 nitrogen and oxygen atoms in total. The molecule has 0 aliphatic carbocycles. The number of hydrogen-bond donors (Lipinski definition) is 1. The maximum absolute atomic E-state index is 8.86.